The van der Waals surface area contributed by atoms with Gasteiger partial charge in [0.15, 0.2) is 5.78 Å². The van der Waals surface area contributed by atoms with Crippen LogP contribution in [0.3, 0.4) is 0 Å². The van der Waals surface area contributed by atoms with Gasteiger partial charge in [-0.05, 0) is 16.7 Å². The molecule has 0 heterocycles. The Balaban J connectivity index is 2.30. The fraction of sp³-hybridized carbons (Fsp3) is 0.0714. The van der Waals surface area contributed by atoms with Gasteiger partial charge < -0.3 is 0 Å². The van der Waals surface area contributed by atoms with Gasteiger partial charge >= 0.3 is 0 Å². The highest BCUT2D eigenvalue weighted by Crippen LogP contribution is 2.38. The molecule has 0 atom stereocenters. The first kappa shape index (κ1) is 10.2. The van der Waals surface area contributed by atoms with E-state index in [9.17, 15) is 4.79 Å². The molecule has 0 bridgehead atoms. The molecule has 2 aromatic rings. The van der Waals surface area contributed by atoms with E-state index in [1.807, 2.05) is 30.3 Å². The van der Waals surface area contributed by atoms with Gasteiger partial charge in [-0.25, -0.2) is 4.89 Å². The number of hydrogen-bond acceptors (Lipinski definition) is 3. The quantitative estimate of drug-likeness (QED) is 0.540. The maximum absolute atomic E-state index is 12.1. The Kier molecular flexibility index (Phi) is 2.28. The normalized spacial score (nSPS) is 12.4. The second-order valence-corrected chi connectivity index (χ2v) is 3.99. The van der Waals surface area contributed by atoms with E-state index in [-0.39, 0.29) is 12.4 Å². The molecular weight excluding hydrogens is 216 g/mol. The van der Waals surface area contributed by atoms with Crippen LogP contribution in [-0.2, 0) is 11.5 Å². The van der Waals surface area contributed by atoms with Crippen molar-refractivity contribution in [3.8, 4) is 11.1 Å². The van der Waals surface area contributed by atoms with Gasteiger partial charge in [0.2, 0.25) is 0 Å². The van der Waals surface area contributed by atoms with Gasteiger partial charge in [-0.2, -0.15) is 0 Å². The molecule has 1 aliphatic carbocycles. The van der Waals surface area contributed by atoms with Crippen LogP contribution in [0.1, 0.15) is 21.5 Å². The van der Waals surface area contributed by atoms with Gasteiger partial charge in [0.25, 0.3) is 0 Å². The van der Waals surface area contributed by atoms with Crippen LogP contribution in [0.4, 0.5) is 0 Å². The van der Waals surface area contributed by atoms with E-state index < -0.39 is 0 Å². The molecule has 0 saturated heterocycles. The van der Waals surface area contributed by atoms with E-state index in [2.05, 4.69) is 4.89 Å². The van der Waals surface area contributed by atoms with Gasteiger partial charge in [0.05, 0.1) is 0 Å². The van der Waals surface area contributed by atoms with Gasteiger partial charge in [-0.1, -0.05) is 42.5 Å². The van der Waals surface area contributed by atoms with Crippen LogP contribution in [0, 0.1) is 0 Å². The van der Waals surface area contributed by atoms with Crippen LogP contribution in [0.25, 0.3) is 11.1 Å². The Labute approximate surface area is 98.2 Å². The fourth-order valence-electron chi connectivity index (χ4n) is 2.34. The summed E-state index contributed by atoms with van der Waals surface area (Å²) in [7, 11) is 0. The smallest absolute Gasteiger partial charge is 0.194 e. The Morgan fingerprint density at radius 3 is 2.41 bits per heavy atom. The molecule has 1 N–H and O–H groups in total. The first-order chi connectivity index (χ1) is 8.33. The predicted molar refractivity (Wildman–Crippen MR) is 62.7 cm³/mol. The minimum absolute atomic E-state index is 0.0374. The number of benzene rings is 2. The van der Waals surface area contributed by atoms with Crippen molar-refractivity contribution in [2.45, 2.75) is 6.61 Å². The number of carbonyl (C=O) groups excluding carboxylic acids is 1. The van der Waals surface area contributed by atoms with Crippen molar-refractivity contribution in [3.05, 3.63) is 59.2 Å². The Hall–Kier alpha value is -1.97. The highest BCUT2D eigenvalue weighted by atomic mass is 17.1. The Bertz CT molecular complexity index is 602. The SMILES string of the molecule is O=C1c2ccccc2-c2c(COO)cccc21. The largest absolute Gasteiger partial charge is 0.289 e. The fourth-order valence-corrected chi connectivity index (χ4v) is 2.34. The zero-order chi connectivity index (χ0) is 11.8. The van der Waals surface area contributed by atoms with Crippen molar-refractivity contribution in [1.82, 2.24) is 0 Å². The first-order valence-corrected chi connectivity index (χ1v) is 5.35. The summed E-state index contributed by atoms with van der Waals surface area (Å²) in [5.74, 6) is 0.0374. The lowest BCUT2D eigenvalue weighted by atomic mass is 10.0. The van der Waals surface area contributed by atoms with Crippen molar-refractivity contribution >= 4 is 5.78 Å². The van der Waals surface area contributed by atoms with E-state index in [0.717, 1.165) is 16.7 Å². The van der Waals surface area contributed by atoms with E-state index in [0.29, 0.717) is 11.1 Å². The van der Waals surface area contributed by atoms with Crippen molar-refractivity contribution in [1.29, 1.82) is 0 Å². The lowest BCUT2D eigenvalue weighted by molar-refractivity contribution is -0.252. The van der Waals surface area contributed by atoms with E-state index in [1.165, 1.54) is 0 Å². The highest BCUT2D eigenvalue weighted by molar-refractivity contribution is 6.22. The second-order valence-electron chi connectivity index (χ2n) is 3.99. The lowest BCUT2D eigenvalue weighted by Gasteiger charge is -2.06. The van der Waals surface area contributed by atoms with Crippen LogP contribution >= 0.6 is 0 Å². The summed E-state index contributed by atoms with van der Waals surface area (Å²) < 4.78 is 0. The highest BCUT2D eigenvalue weighted by Gasteiger charge is 2.27. The molecule has 3 heteroatoms. The van der Waals surface area contributed by atoms with Crippen LogP contribution < -0.4 is 0 Å². The molecule has 0 aromatic heterocycles. The van der Waals surface area contributed by atoms with Gasteiger partial charge in [0, 0.05) is 11.1 Å². The molecule has 1 aliphatic rings. The van der Waals surface area contributed by atoms with Crippen molar-refractivity contribution in [2.75, 3.05) is 0 Å². The van der Waals surface area contributed by atoms with Crippen LogP contribution in [-0.4, -0.2) is 11.0 Å². The van der Waals surface area contributed by atoms with Crippen LogP contribution in [0.5, 0.6) is 0 Å². The molecule has 0 amide bonds. The molecular formula is C14H10O3. The van der Waals surface area contributed by atoms with Gasteiger partial charge in [-0.15, -0.1) is 0 Å². The number of carbonyl (C=O) groups is 1. The van der Waals surface area contributed by atoms with Crippen molar-refractivity contribution < 1.29 is 14.9 Å². The predicted octanol–water partition coefficient (Wildman–Crippen LogP) is 2.89. The van der Waals surface area contributed by atoms with E-state index in [1.54, 1.807) is 12.1 Å². The summed E-state index contributed by atoms with van der Waals surface area (Å²) in [6, 6.07) is 12.9. The third kappa shape index (κ3) is 1.40. The maximum Gasteiger partial charge on any atom is 0.194 e. The van der Waals surface area contributed by atoms with E-state index in [4.69, 9.17) is 5.26 Å². The summed E-state index contributed by atoms with van der Waals surface area (Å²) in [4.78, 5) is 16.3. The molecule has 84 valence electrons. The third-order valence-corrected chi connectivity index (χ3v) is 3.06. The monoisotopic (exact) mass is 226 g/mol. The molecule has 3 rings (SSSR count). The third-order valence-electron chi connectivity index (χ3n) is 3.06. The van der Waals surface area contributed by atoms with Crippen molar-refractivity contribution in [3.63, 3.8) is 0 Å². The molecule has 0 fully saturated rings. The average Bonchev–Trinajstić information content (AvgIpc) is 2.66. The lowest BCUT2D eigenvalue weighted by Crippen LogP contribution is -1.96. The van der Waals surface area contributed by atoms with Crippen LogP contribution in [0.15, 0.2) is 42.5 Å². The summed E-state index contributed by atoms with van der Waals surface area (Å²) in [6.07, 6.45) is 0. The molecule has 17 heavy (non-hydrogen) atoms. The first-order valence-electron chi connectivity index (χ1n) is 5.35. The molecule has 0 aliphatic heterocycles. The molecule has 3 nitrogen and oxygen atoms in total. The van der Waals surface area contributed by atoms with Crippen molar-refractivity contribution in [2.24, 2.45) is 0 Å². The van der Waals surface area contributed by atoms with Gasteiger partial charge in [0.1, 0.15) is 6.61 Å². The number of ketones is 1. The van der Waals surface area contributed by atoms with Gasteiger partial charge in [-0.3, -0.25) is 10.1 Å². The minimum Gasteiger partial charge on any atom is -0.289 e. The zero-order valence-electron chi connectivity index (χ0n) is 9.01. The topological polar surface area (TPSA) is 46.5 Å². The molecule has 0 radical (unpaired) electrons. The molecule has 0 unspecified atom stereocenters. The number of hydrogen-bond donors (Lipinski definition) is 1. The average molecular weight is 226 g/mol. The number of fused-ring (bicyclic) bond motifs is 3. The zero-order valence-corrected chi connectivity index (χ0v) is 9.01. The second kappa shape index (κ2) is 3.80. The summed E-state index contributed by atoms with van der Waals surface area (Å²) in [5.41, 5.74) is 4.01. The Morgan fingerprint density at radius 2 is 1.65 bits per heavy atom. The number of rotatable bonds is 2. The van der Waals surface area contributed by atoms with E-state index >= 15 is 0 Å². The summed E-state index contributed by atoms with van der Waals surface area (Å²) >= 11 is 0. The molecule has 2 aromatic carbocycles. The standard InChI is InChI=1S/C14H10O3/c15-14-11-6-2-1-5-10(11)13-9(8-17-16)4-3-7-12(13)14/h1-7,16H,8H2. The minimum atomic E-state index is 0.0374. The summed E-state index contributed by atoms with van der Waals surface area (Å²) in [5, 5.41) is 8.58. The Morgan fingerprint density at radius 1 is 0.941 bits per heavy atom. The summed E-state index contributed by atoms with van der Waals surface area (Å²) in [6.45, 7) is 0.0881. The van der Waals surface area contributed by atoms with Crippen LogP contribution in [0.2, 0.25) is 0 Å². The maximum atomic E-state index is 12.1. The molecule has 0 spiro atoms. The molecule has 0 saturated carbocycles.